The summed E-state index contributed by atoms with van der Waals surface area (Å²) in [4.78, 5) is 0. The van der Waals surface area contributed by atoms with Gasteiger partial charge in [0.2, 0.25) is 0 Å². The van der Waals surface area contributed by atoms with Gasteiger partial charge in [0.15, 0.2) is 0 Å². The van der Waals surface area contributed by atoms with Gasteiger partial charge in [-0.05, 0) is 96.4 Å². The lowest BCUT2D eigenvalue weighted by atomic mass is 9.95. The molecule has 9 aromatic rings. The predicted molar refractivity (Wildman–Crippen MR) is 203 cm³/mol. The lowest BCUT2D eigenvalue weighted by Gasteiger charge is -2.21. The summed E-state index contributed by atoms with van der Waals surface area (Å²) < 4.78 is 7.28. The van der Waals surface area contributed by atoms with Gasteiger partial charge in [-0.25, -0.2) is 0 Å². The molecule has 0 saturated heterocycles. The van der Waals surface area contributed by atoms with Gasteiger partial charge in [-0.1, -0.05) is 60.7 Å². The Morgan fingerprint density at radius 2 is 1.18 bits per heavy atom. The summed E-state index contributed by atoms with van der Waals surface area (Å²) in [6, 6.07) is 47.4. The van der Waals surface area contributed by atoms with Gasteiger partial charge in [0.25, 0.3) is 0 Å². The van der Waals surface area contributed by atoms with Crippen LogP contribution >= 0.6 is 11.3 Å². The Morgan fingerprint density at radius 3 is 1.96 bits per heavy atom. The lowest BCUT2D eigenvalue weighted by Crippen LogP contribution is -2.08. The molecule has 1 atom stereocenters. The van der Waals surface area contributed by atoms with Gasteiger partial charge < -0.3 is 9.13 Å². The number of para-hydroxylation sites is 2. The number of aromatic nitrogens is 2. The maximum Gasteiger partial charge on any atom is 0.0991 e. The third-order valence-electron chi connectivity index (χ3n) is 10.1. The van der Waals surface area contributed by atoms with Crippen molar-refractivity contribution < 1.29 is 0 Å². The zero-order valence-corrected chi connectivity index (χ0v) is 27.1. The van der Waals surface area contributed by atoms with Crippen molar-refractivity contribution in [2.75, 3.05) is 0 Å². The van der Waals surface area contributed by atoms with E-state index in [1.807, 2.05) is 35.6 Å². The van der Waals surface area contributed by atoms with E-state index in [2.05, 4.69) is 137 Å². The van der Waals surface area contributed by atoms with Crippen LogP contribution in [0.15, 0.2) is 140 Å². The first-order valence-electron chi connectivity index (χ1n) is 16.4. The molecule has 3 heterocycles. The quantitative estimate of drug-likeness (QED) is 0.193. The zero-order chi connectivity index (χ0) is 32.6. The molecule has 1 aliphatic rings. The third kappa shape index (κ3) is 4.14. The van der Waals surface area contributed by atoms with Gasteiger partial charge in [-0.2, -0.15) is 10.5 Å². The molecular weight excluding hydrogens is 617 g/mol. The van der Waals surface area contributed by atoms with Crippen LogP contribution in [0.5, 0.6) is 0 Å². The monoisotopic (exact) mass is 642 g/mol. The molecule has 6 aromatic carbocycles. The Hall–Kier alpha value is -6.40. The van der Waals surface area contributed by atoms with E-state index in [1.54, 1.807) is 0 Å². The molecule has 0 N–H and O–H groups in total. The molecule has 0 fully saturated rings. The second-order valence-corrected chi connectivity index (χ2v) is 13.8. The van der Waals surface area contributed by atoms with Crippen LogP contribution in [-0.2, 0) is 0 Å². The average molecular weight is 643 g/mol. The fourth-order valence-corrected chi connectivity index (χ4v) is 8.94. The van der Waals surface area contributed by atoms with Crippen molar-refractivity contribution in [2.24, 2.45) is 0 Å². The molecule has 0 radical (unpaired) electrons. The van der Waals surface area contributed by atoms with E-state index in [1.165, 1.54) is 42.2 Å². The van der Waals surface area contributed by atoms with Crippen LogP contribution in [0.25, 0.3) is 75.0 Å². The summed E-state index contributed by atoms with van der Waals surface area (Å²) in [5.41, 5.74) is 9.43. The minimum absolute atomic E-state index is 0.147. The van der Waals surface area contributed by atoms with Crippen molar-refractivity contribution in [3.8, 4) is 17.8 Å². The highest BCUT2D eigenvalue weighted by Gasteiger charge is 2.20. The normalized spacial score (nSPS) is 14.7. The van der Waals surface area contributed by atoms with Gasteiger partial charge in [-0.15, -0.1) is 11.3 Å². The third-order valence-corrected chi connectivity index (χ3v) is 11.2. The Bertz CT molecular complexity index is 3010. The Balaban J connectivity index is 1.11. The summed E-state index contributed by atoms with van der Waals surface area (Å²) in [6.45, 7) is 0. The van der Waals surface area contributed by atoms with Gasteiger partial charge in [0, 0.05) is 58.4 Å². The number of nitrogens with zero attached hydrogens (tertiary/aromatic N) is 4. The maximum absolute atomic E-state index is 9.59. The highest BCUT2D eigenvalue weighted by Crippen LogP contribution is 2.41. The number of nitriles is 2. The first-order valence-corrected chi connectivity index (χ1v) is 17.2. The molecule has 0 saturated carbocycles. The van der Waals surface area contributed by atoms with Crippen LogP contribution < -0.4 is 0 Å². The highest BCUT2D eigenvalue weighted by molar-refractivity contribution is 7.25. The SMILES string of the molecule is N#Cc1ccc2c(c1)c1ccccc1n2-c1ccc2sc3ccc(C4=CC(n5c6ccccc6c6cc(C#N)ccc65)CC=C4)cc3c2c1. The van der Waals surface area contributed by atoms with Crippen LogP contribution in [0.4, 0.5) is 0 Å². The summed E-state index contributed by atoms with van der Waals surface area (Å²) >= 11 is 1.83. The maximum atomic E-state index is 9.59. The summed E-state index contributed by atoms with van der Waals surface area (Å²) in [6.07, 6.45) is 7.85. The molecule has 1 aliphatic carbocycles. The van der Waals surface area contributed by atoms with Crippen molar-refractivity contribution in [1.82, 2.24) is 9.13 Å². The molecule has 5 heteroatoms. The van der Waals surface area contributed by atoms with Gasteiger partial charge >= 0.3 is 0 Å². The van der Waals surface area contributed by atoms with Crippen molar-refractivity contribution in [2.45, 2.75) is 12.5 Å². The molecular formula is C44H26N4S. The number of allylic oxidation sites excluding steroid dienone is 4. The standard InChI is InChI=1S/C44H26N4S/c45-25-27-12-16-41-35(20-27)33-8-1-3-10-39(33)47(41)31-7-5-6-29(22-31)30-14-18-43-37(23-30)38-24-32(15-19-44(38)49-43)48-40-11-4-2-9-34(40)36-21-28(26-46)13-17-42(36)48/h1-6,8-24,31H,7H2. The molecule has 0 amide bonds. The number of thiophene rings is 1. The average Bonchev–Trinajstić information content (AvgIpc) is 3.81. The molecule has 0 aliphatic heterocycles. The minimum atomic E-state index is 0.147. The van der Waals surface area contributed by atoms with Crippen molar-refractivity contribution >= 4 is 80.7 Å². The number of fused-ring (bicyclic) bond motifs is 9. The first-order chi connectivity index (χ1) is 24.2. The highest BCUT2D eigenvalue weighted by atomic mass is 32.1. The van der Waals surface area contributed by atoms with Crippen molar-refractivity contribution in [1.29, 1.82) is 10.5 Å². The van der Waals surface area contributed by atoms with Crippen LogP contribution in [0.2, 0.25) is 0 Å². The van der Waals surface area contributed by atoms with Crippen LogP contribution in [0.1, 0.15) is 29.2 Å². The van der Waals surface area contributed by atoms with E-state index in [-0.39, 0.29) is 6.04 Å². The van der Waals surface area contributed by atoms with E-state index in [9.17, 15) is 10.5 Å². The fraction of sp³-hybridized carbons (Fsp3) is 0.0455. The molecule has 228 valence electrons. The molecule has 0 spiro atoms. The number of hydrogen-bond acceptors (Lipinski definition) is 3. The van der Waals surface area contributed by atoms with Crippen LogP contribution in [0.3, 0.4) is 0 Å². The topological polar surface area (TPSA) is 57.4 Å². The first kappa shape index (κ1) is 27.7. The molecule has 1 unspecified atom stereocenters. The Kier molecular flexibility index (Phi) is 5.96. The van der Waals surface area contributed by atoms with Crippen LogP contribution in [-0.4, -0.2) is 9.13 Å². The van der Waals surface area contributed by atoms with Gasteiger partial charge in [0.1, 0.15) is 0 Å². The molecule has 4 nitrogen and oxygen atoms in total. The Labute approximate surface area is 285 Å². The van der Waals surface area contributed by atoms with E-state index < -0.39 is 0 Å². The van der Waals surface area contributed by atoms with E-state index in [4.69, 9.17) is 0 Å². The van der Waals surface area contributed by atoms with Gasteiger partial charge in [-0.3, -0.25) is 0 Å². The van der Waals surface area contributed by atoms with Crippen molar-refractivity contribution in [3.63, 3.8) is 0 Å². The molecule has 3 aromatic heterocycles. The minimum Gasteiger partial charge on any atom is -0.333 e. The molecule has 10 rings (SSSR count). The molecule has 49 heavy (non-hydrogen) atoms. The summed E-state index contributed by atoms with van der Waals surface area (Å²) in [7, 11) is 0. The predicted octanol–water partition coefficient (Wildman–Crippen LogP) is 11.6. The van der Waals surface area contributed by atoms with Crippen molar-refractivity contribution in [3.05, 3.63) is 156 Å². The summed E-state index contributed by atoms with van der Waals surface area (Å²) in [5.74, 6) is 0. The zero-order valence-electron chi connectivity index (χ0n) is 26.3. The lowest BCUT2D eigenvalue weighted by molar-refractivity contribution is 0.650. The number of rotatable bonds is 3. The Morgan fingerprint density at radius 1 is 0.571 bits per heavy atom. The van der Waals surface area contributed by atoms with E-state index >= 15 is 0 Å². The fourth-order valence-electron chi connectivity index (χ4n) is 7.87. The molecule has 0 bridgehead atoms. The van der Waals surface area contributed by atoms with Crippen LogP contribution in [0, 0.1) is 22.7 Å². The van der Waals surface area contributed by atoms with E-state index in [0.717, 1.165) is 44.8 Å². The number of hydrogen-bond donors (Lipinski definition) is 0. The second-order valence-electron chi connectivity index (χ2n) is 12.7. The smallest absolute Gasteiger partial charge is 0.0991 e. The largest absolute Gasteiger partial charge is 0.333 e. The number of benzene rings is 6. The second kappa shape index (κ2) is 10.6. The summed E-state index contributed by atoms with van der Waals surface area (Å²) in [5, 5.41) is 26.2. The van der Waals surface area contributed by atoms with E-state index in [0.29, 0.717) is 11.1 Å². The van der Waals surface area contributed by atoms with Gasteiger partial charge in [0.05, 0.1) is 40.3 Å².